The highest BCUT2D eigenvalue weighted by Crippen LogP contribution is 2.26. The van der Waals surface area contributed by atoms with E-state index in [1.54, 1.807) is 24.3 Å². The Morgan fingerprint density at radius 3 is 2.25 bits per heavy atom. The maximum absolute atomic E-state index is 13.7. The molecule has 20 heavy (non-hydrogen) atoms. The van der Waals surface area contributed by atoms with E-state index >= 15 is 0 Å². The van der Waals surface area contributed by atoms with Crippen molar-refractivity contribution in [1.29, 1.82) is 0 Å². The Bertz CT molecular complexity index is 689. The molecule has 0 fully saturated rings. The monoisotopic (exact) mass is 274 g/mol. The average molecular weight is 274 g/mol. The maximum Gasteiger partial charge on any atom is 0.303 e. The van der Waals surface area contributed by atoms with E-state index in [4.69, 9.17) is 4.74 Å². The molecule has 0 aliphatic rings. The van der Waals surface area contributed by atoms with Crippen molar-refractivity contribution in [3.8, 4) is 0 Å². The van der Waals surface area contributed by atoms with E-state index in [1.165, 1.54) is 32.9 Å². The summed E-state index contributed by atoms with van der Waals surface area (Å²) >= 11 is 0. The van der Waals surface area contributed by atoms with E-state index in [0.717, 1.165) is 0 Å². The molecule has 2 aromatic carbocycles. The van der Waals surface area contributed by atoms with Crippen molar-refractivity contribution < 1.29 is 18.7 Å². The van der Waals surface area contributed by atoms with Crippen molar-refractivity contribution in [2.24, 2.45) is 0 Å². The Morgan fingerprint density at radius 1 is 1.05 bits per heavy atom. The van der Waals surface area contributed by atoms with E-state index in [0.29, 0.717) is 16.3 Å². The van der Waals surface area contributed by atoms with Crippen molar-refractivity contribution in [3.63, 3.8) is 0 Å². The topological polar surface area (TPSA) is 43.4 Å². The van der Waals surface area contributed by atoms with Gasteiger partial charge in [-0.15, -0.1) is 0 Å². The van der Waals surface area contributed by atoms with Crippen molar-refractivity contribution in [1.82, 2.24) is 0 Å². The van der Waals surface area contributed by atoms with Gasteiger partial charge in [-0.3, -0.25) is 9.59 Å². The SMILES string of the molecule is CC(=O)OC(C)(C)C(=O)c1ccc(F)c2ccccc12. The smallest absolute Gasteiger partial charge is 0.303 e. The summed E-state index contributed by atoms with van der Waals surface area (Å²) in [5.41, 5.74) is -0.944. The fourth-order valence-electron chi connectivity index (χ4n) is 2.19. The van der Waals surface area contributed by atoms with Gasteiger partial charge in [-0.2, -0.15) is 0 Å². The number of ketones is 1. The molecule has 0 radical (unpaired) electrons. The predicted molar refractivity (Wildman–Crippen MR) is 74.1 cm³/mol. The third-order valence-electron chi connectivity index (χ3n) is 3.06. The van der Waals surface area contributed by atoms with E-state index in [2.05, 4.69) is 0 Å². The molecule has 0 N–H and O–H groups in total. The number of halogens is 1. The first-order chi connectivity index (χ1) is 9.33. The second-order valence-corrected chi connectivity index (χ2v) is 5.07. The minimum Gasteiger partial charge on any atom is -0.451 e. The summed E-state index contributed by atoms with van der Waals surface area (Å²) in [6.07, 6.45) is 0. The van der Waals surface area contributed by atoms with Gasteiger partial charge in [-0.25, -0.2) is 4.39 Å². The van der Waals surface area contributed by atoms with E-state index in [9.17, 15) is 14.0 Å². The maximum atomic E-state index is 13.7. The van der Waals surface area contributed by atoms with Crippen LogP contribution in [0.25, 0.3) is 10.8 Å². The van der Waals surface area contributed by atoms with E-state index in [1.807, 2.05) is 0 Å². The van der Waals surface area contributed by atoms with Crippen molar-refractivity contribution in [3.05, 3.63) is 47.8 Å². The van der Waals surface area contributed by atoms with Gasteiger partial charge < -0.3 is 4.74 Å². The summed E-state index contributed by atoms with van der Waals surface area (Å²) in [6, 6.07) is 9.40. The minimum absolute atomic E-state index is 0.341. The number of esters is 1. The quantitative estimate of drug-likeness (QED) is 0.635. The van der Waals surface area contributed by atoms with Gasteiger partial charge in [0.05, 0.1) is 0 Å². The number of benzene rings is 2. The summed E-state index contributed by atoms with van der Waals surface area (Å²) in [5.74, 6) is -1.28. The number of hydrogen-bond donors (Lipinski definition) is 0. The van der Waals surface area contributed by atoms with E-state index < -0.39 is 11.6 Å². The predicted octanol–water partition coefficient (Wildman–Crippen LogP) is 3.50. The molecular weight excluding hydrogens is 259 g/mol. The van der Waals surface area contributed by atoms with Crippen LogP contribution >= 0.6 is 0 Å². The molecule has 4 heteroatoms. The highest BCUT2D eigenvalue weighted by atomic mass is 19.1. The zero-order valence-electron chi connectivity index (χ0n) is 11.6. The molecule has 0 atom stereocenters. The number of fused-ring (bicyclic) bond motifs is 1. The zero-order chi connectivity index (χ0) is 14.9. The molecule has 0 spiro atoms. The second-order valence-electron chi connectivity index (χ2n) is 5.07. The van der Waals surface area contributed by atoms with E-state index in [-0.39, 0.29) is 11.6 Å². The lowest BCUT2D eigenvalue weighted by Gasteiger charge is -2.23. The summed E-state index contributed by atoms with van der Waals surface area (Å²) in [6.45, 7) is 4.29. The number of carbonyl (C=O) groups is 2. The van der Waals surface area contributed by atoms with Gasteiger partial charge in [0.2, 0.25) is 5.78 Å². The normalized spacial score (nSPS) is 11.4. The fraction of sp³-hybridized carbons (Fsp3) is 0.250. The lowest BCUT2D eigenvalue weighted by atomic mass is 9.92. The number of Topliss-reactive ketones (excluding diaryl/α,β-unsaturated/α-hetero) is 1. The Kier molecular flexibility index (Phi) is 3.57. The minimum atomic E-state index is -1.29. The van der Waals surface area contributed by atoms with Crippen molar-refractivity contribution in [2.75, 3.05) is 0 Å². The van der Waals surface area contributed by atoms with Crippen LogP contribution in [0, 0.1) is 5.82 Å². The summed E-state index contributed by atoms with van der Waals surface area (Å²) < 4.78 is 18.8. The van der Waals surface area contributed by atoms with Crippen LogP contribution in [0.2, 0.25) is 0 Å². The van der Waals surface area contributed by atoms with Crippen molar-refractivity contribution >= 4 is 22.5 Å². The third-order valence-corrected chi connectivity index (χ3v) is 3.06. The lowest BCUT2D eigenvalue weighted by Crippen LogP contribution is -2.36. The lowest BCUT2D eigenvalue weighted by molar-refractivity contribution is -0.149. The molecule has 2 rings (SSSR count). The summed E-state index contributed by atoms with van der Waals surface area (Å²) in [4.78, 5) is 23.6. The van der Waals surface area contributed by atoms with Gasteiger partial charge in [0.15, 0.2) is 5.60 Å². The number of hydrogen-bond acceptors (Lipinski definition) is 3. The molecule has 0 unspecified atom stereocenters. The van der Waals surface area contributed by atoms with Gasteiger partial charge in [-0.1, -0.05) is 24.3 Å². The Labute approximate surface area is 116 Å². The highest BCUT2D eigenvalue weighted by molar-refractivity contribution is 6.12. The first kappa shape index (κ1) is 14.2. The summed E-state index contributed by atoms with van der Waals surface area (Å²) in [7, 11) is 0. The highest BCUT2D eigenvalue weighted by Gasteiger charge is 2.33. The van der Waals surface area contributed by atoms with Crippen molar-refractivity contribution in [2.45, 2.75) is 26.4 Å². The Hall–Kier alpha value is -2.23. The van der Waals surface area contributed by atoms with Crippen LogP contribution in [0.3, 0.4) is 0 Å². The Morgan fingerprint density at radius 2 is 1.65 bits per heavy atom. The second kappa shape index (κ2) is 5.04. The molecule has 0 heterocycles. The molecule has 0 aliphatic heterocycles. The Balaban J connectivity index is 2.56. The first-order valence-electron chi connectivity index (χ1n) is 6.24. The average Bonchev–Trinajstić information content (AvgIpc) is 2.37. The fourth-order valence-corrected chi connectivity index (χ4v) is 2.19. The number of ether oxygens (including phenoxy) is 1. The van der Waals surface area contributed by atoms with Gasteiger partial charge in [0.1, 0.15) is 5.82 Å². The van der Waals surface area contributed by atoms with Crippen LogP contribution in [0.5, 0.6) is 0 Å². The molecule has 0 saturated carbocycles. The molecule has 0 amide bonds. The summed E-state index contributed by atoms with van der Waals surface area (Å²) in [5, 5.41) is 0.884. The first-order valence-corrected chi connectivity index (χ1v) is 6.24. The molecular formula is C16H15FO3. The van der Waals surface area contributed by atoms with Crippen LogP contribution < -0.4 is 0 Å². The number of carbonyl (C=O) groups excluding carboxylic acids is 2. The van der Waals surface area contributed by atoms with Crippen LogP contribution in [0.4, 0.5) is 4.39 Å². The molecule has 3 nitrogen and oxygen atoms in total. The zero-order valence-corrected chi connectivity index (χ0v) is 11.6. The molecule has 2 aromatic rings. The molecule has 0 aliphatic carbocycles. The molecule has 104 valence electrons. The molecule has 0 aromatic heterocycles. The molecule has 0 bridgehead atoms. The van der Waals surface area contributed by atoms with Crippen LogP contribution in [-0.4, -0.2) is 17.4 Å². The standard InChI is InChI=1S/C16H15FO3/c1-10(18)20-16(2,3)15(19)13-8-9-14(17)12-7-5-4-6-11(12)13/h4-9H,1-3H3. The van der Waals surface area contributed by atoms with Crippen LogP contribution in [0.1, 0.15) is 31.1 Å². The number of rotatable bonds is 3. The van der Waals surface area contributed by atoms with Gasteiger partial charge >= 0.3 is 5.97 Å². The van der Waals surface area contributed by atoms with Gasteiger partial charge in [0, 0.05) is 17.9 Å². The van der Waals surface area contributed by atoms with Gasteiger partial charge in [0.25, 0.3) is 0 Å². The van der Waals surface area contributed by atoms with Gasteiger partial charge in [-0.05, 0) is 31.4 Å². The molecule has 0 saturated heterocycles. The van der Waals surface area contributed by atoms with Crippen LogP contribution in [0.15, 0.2) is 36.4 Å². The van der Waals surface area contributed by atoms with Crippen LogP contribution in [-0.2, 0) is 9.53 Å². The largest absolute Gasteiger partial charge is 0.451 e. The third kappa shape index (κ3) is 2.54.